The van der Waals surface area contributed by atoms with Crippen LogP contribution >= 0.6 is 24.2 Å². The Bertz CT molecular complexity index is 483. The molecule has 0 amide bonds. The first-order valence-electron chi connectivity index (χ1n) is 4.49. The molecular weight excluding hydrogens is 234 g/mol. The van der Waals surface area contributed by atoms with E-state index in [2.05, 4.69) is 17.8 Å². The van der Waals surface area contributed by atoms with Crippen molar-refractivity contribution in [3.63, 3.8) is 0 Å². The predicted octanol–water partition coefficient (Wildman–Crippen LogP) is 2.96. The molecule has 0 aliphatic rings. The van der Waals surface area contributed by atoms with Crippen LogP contribution in [0.2, 0.25) is 5.02 Å². The molecular formula is C10H10ClNO2S. The lowest BCUT2D eigenvalue weighted by Crippen LogP contribution is -1.87. The zero-order valence-electron chi connectivity index (χ0n) is 8.16. The molecule has 0 atom stereocenters. The third kappa shape index (κ3) is 1.92. The summed E-state index contributed by atoms with van der Waals surface area (Å²) in [4.78, 5) is 0. The number of aromatic nitrogens is 1. The molecule has 0 saturated carbocycles. The molecule has 0 saturated heterocycles. The minimum Gasteiger partial charge on any atom is -0.495 e. The van der Waals surface area contributed by atoms with Crippen LogP contribution in [0.4, 0.5) is 0 Å². The second-order valence-corrected chi connectivity index (χ2v) is 3.94. The van der Waals surface area contributed by atoms with Crippen molar-refractivity contribution in [1.29, 1.82) is 0 Å². The van der Waals surface area contributed by atoms with E-state index in [1.54, 1.807) is 13.2 Å². The Labute approximate surface area is 97.7 Å². The van der Waals surface area contributed by atoms with Crippen LogP contribution in [-0.4, -0.2) is 18.0 Å². The summed E-state index contributed by atoms with van der Waals surface area (Å²) in [5.74, 6) is 1.32. The molecule has 3 nitrogen and oxygen atoms in total. The lowest BCUT2D eigenvalue weighted by molar-refractivity contribution is 0.411. The molecule has 1 heterocycles. The van der Waals surface area contributed by atoms with Crippen LogP contribution in [-0.2, 0) is 6.42 Å². The van der Waals surface area contributed by atoms with Gasteiger partial charge in [-0.1, -0.05) is 16.8 Å². The average Bonchev–Trinajstić information content (AvgIpc) is 2.61. The highest BCUT2D eigenvalue weighted by molar-refractivity contribution is 7.80. The molecule has 0 spiro atoms. The Kier molecular flexibility index (Phi) is 3.07. The van der Waals surface area contributed by atoms with Gasteiger partial charge in [0.1, 0.15) is 5.75 Å². The van der Waals surface area contributed by atoms with E-state index in [0.717, 1.165) is 23.3 Å². The van der Waals surface area contributed by atoms with Gasteiger partial charge in [0.2, 0.25) is 0 Å². The first-order chi connectivity index (χ1) is 7.26. The molecule has 5 heteroatoms. The van der Waals surface area contributed by atoms with Crippen LogP contribution in [0.3, 0.4) is 0 Å². The molecule has 0 bridgehead atoms. The number of fused-ring (bicyclic) bond motifs is 1. The van der Waals surface area contributed by atoms with Crippen molar-refractivity contribution in [2.45, 2.75) is 6.42 Å². The molecule has 1 aromatic heterocycles. The smallest absolute Gasteiger partial charge is 0.170 e. The lowest BCUT2D eigenvalue weighted by Gasteiger charge is -2.01. The van der Waals surface area contributed by atoms with Gasteiger partial charge >= 0.3 is 0 Å². The summed E-state index contributed by atoms with van der Waals surface area (Å²) in [6.45, 7) is 0. The van der Waals surface area contributed by atoms with Crippen LogP contribution in [0.25, 0.3) is 11.0 Å². The van der Waals surface area contributed by atoms with Crippen molar-refractivity contribution < 1.29 is 9.26 Å². The Hall–Kier alpha value is -0.870. The van der Waals surface area contributed by atoms with Gasteiger partial charge in [0.15, 0.2) is 5.58 Å². The molecule has 0 aliphatic carbocycles. The van der Waals surface area contributed by atoms with Crippen molar-refractivity contribution in [2.24, 2.45) is 0 Å². The zero-order valence-corrected chi connectivity index (χ0v) is 9.81. The fourth-order valence-electron chi connectivity index (χ4n) is 1.43. The standard InChI is InChI=1S/C10H10ClNO2S/c1-13-10-5-9-6(4-7(10)11)8(2-3-15)12-14-9/h4-5,15H,2-3H2,1H3. The maximum atomic E-state index is 6.02. The van der Waals surface area contributed by atoms with Gasteiger partial charge < -0.3 is 9.26 Å². The third-order valence-electron chi connectivity index (χ3n) is 2.17. The summed E-state index contributed by atoms with van der Waals surface area (Å²) in [6, 6.07) is 3.55. The summed E-state index contributed by atoms with van der Waals surface area (Å²) in [5, 5.41) is 5.45. The molecule has 0 aliphatic heterocycles. The number of thiol groups is 1. The predicted molar refractivity (Wildman–Crippen MR) is 63.1 cm³/mol. The Morgan fingerprint density at radius 2 is 2.33 bits per heavy atom. The van der Waals surface area contributed by atoms with Crippen molar-refractivity contribution in [1.82, 2.24) is 5.16 Å². The number of ether oxygens (including phenoxy) is 1. The van der Waals surface area contributed by atoms with E-state index in [4.69, 9.17) is 20.9 Å². The van der Waals surface area contributed by atoms with Crippen LogP contribution in [0, 0.1) is 0 Å². The minimum absolute atomic E-state index is 0.564. The van der Waals surface area contributed by atoms with Crippen LogP contribution < -0.4 is 4.74 Å². The molecule has 2 aromatic rings. The Morgan fingerprint density at radius 3 is 3.00 bits per heavy atom. The number of halogens is 1. The summed E-state index contributed by atoms with van der Waals surface area (Å²) in [6.07, 6.45) is 0.763. The fourth-order valence-corrected chi connectivity index (χ4v) is 1.88. The molecule has 0 N–H and O–H groups in total. The van der Waals surface area contributed by atoms with Gasteiger partial charge in [-0.15, -0.1) is 0 Å². The second kappa shape index (κ2) is 4.33. The Morgan fingerprint density at radius 1 is 1.53 bits per heavy atom. The minimum atomic E-state index is 0.564. The zero-order chi connectivity index (χ0) is 10.8. The second-order valence-electron chi connectivity index (χ2n) is 3.09. The van der Waals surface area contributed by atoms with E-state index in [0.29, 0.717) is 16.4 Å². The van der Waals surface area contributed by atoms with Gasteiger partial charge in [-0.3, -0.25) is 0 Å². The lowest BCUT2D eigenvalue weighted by atomic mass is 10.2. The SMILES string of the molecule is COc1cc2onc(CCS)c2cc1Cl. The summed E-state index contributed by atoms with van der Waals surface area (Å²) >= 11 is 10.2. The van der Waals surface area contributed by atoms with Gasteiger partial charge in [-0.05, 0) is 11.8 Å². The van der Waals surface area contributed by atoms with E-state index in [1.807, 2.05) is 6.07 Å². The number of aryl methyl sites for hydroxylation is 1. The largest absolute Gasteiger partial charge is 0.495 e. The molecule has 15 heavy (non-hydrogen) atoms. The first kappa shape index (κ1) is 10.6. The molecule has 0 unspecified atom stereocenters. The monoisotopic (exact) mass is 243 g/mol. The van der Waals surface area contributed by atoms with Crippen molar-refractivity contribution in [2.75, 3.05) is 12.9 Å². The Balaban J connectivity index is 2.57. The normalized spacial score (nSPS) is 10.9. The average molecular weight is 244 g/mol. The number of methoxy groups -OCH3 is 1. The van der Waals surface area contributed by atoms with Gasteiger partial charge in [0.25, 0.3) is 0 Å². The summed E-state index contributed by atoms with van der Waals surface area (Å²) in [5.41, 5.74) is 1.57. The number of rotatable bonds is 3. The highest BCUT2D eigenvalue weighted by atomic mass is 35.5. The fraction of sp³-hybridized carbons (Fsp3) is 0.300. The van der Waals surface area contributed by atoms with Crippen LogP contribution in [0.15, 0.2) is 16.7 Å². The van der Waals surface area contributed by atoms with Crippen molar-refractivity contribution in [3.8, 4) is 5.75 Å². The van der Waals surface area contributed by atoms with Gasteiger partial charge in [0.05, 0.1) is 17.8 Å². The molecule has 2 rings (SSSR count). The van der Waals surface area contributed by atoms with E-state index < -0.39 is 0 Å². The van der Waals surface area contributed by atoms with Crippen molar-refractivity contribution in [3.05, 3.63) is 22.8 Å². The molecule has 0 radical (unpaired) electrons. The molecule has 1 aromatic carbocycles. The van der Waals surface area contributed by atoms with Gasteiger partial charge in [-0.25, -0.2) is 0 Å². The summed E-state index contributed by atoms with van der Waals surface area (Å²) < 4.78 is 10.3. The quantitative estimate of drug-likeness (QED) is 0.842. The topological polar surface area (TPSA) is 35.3 Å². The molecule has 80 valence electrons. The maximum absolute atomic E-state index is 6.02. The van der Waals surface area contributed by atoms with Crippen LogP contribution in [0.1, 0.15) is 5.69 Å². The number of hydrogen-bond acceptors (Lipinski definition) is 4. The van der Waals surface area contributed by atoms with Crippen molar-refractivity contribution >= 4 is 35.2 Å². The highest BCUT2D eigenvalue weighted by Crippen LogP contribution is 2.31. The van der Waals surface area contributed by atoms with E-state index in [-0.39, 0.29) is 0 Å². The summed E-state index contributed by atoms with van der Waals surface area (Å²) in [7, 11) is 1.57. The number of nitrogens with zero attached hydrogens (tertiary/aromatic N) is 1. The first-order valence-corrected chi connectivity index (χ1v) is 5.50. The highest BCUT2D eigenvalue weighted by Gasteiger charge is 2.11. The molecule has 0 fully saturated rings. The van der Waals surface area contributed by atoms with Gasteiger partial charge in [0, 0.05) is 17.9 Å². The maximum Gasteiger partial charge on any atom is 0.170 e. The van der Waals surface area contributed by atoms with E-state index >= 15 is 0 Å². The number of hydrogen-bond donors (Lipinski definition) is 1. The number of benzene rings is 1. The van der Waals surface area contributed by atoms with Crippen LogP contribution in [0.5, 0.6) is 5.75 Å². The third-order valence-corrected chi connectivity index (χ3v) is 2.69. The van der Waals surface area contributed by atoms with Gasteiger partial charge in [-0.2, -0.15) is 12.6 Å². The van der Waals surface area contributed by atoms with E-state index in [9.17, 15) is 0 Å². The van der Waals surface area contributed by atoms with E-state index in [1.165, 1.54) is 0 Å².